The highest BCUT2D eigenvalue weighted by atomic mass is 19.1. The Morgan fingerprint density at radius 1 is 1.44 bits per heavy atom. The van der Waals surface area contributed by atoms with Crippen molar-refractivity contribution in [2.45, 2.75) is 45.3 Å². The second kappa shape index (κ2) is 5.81. The summed E-state index contributed by atoms with van der Waals surface area (Å²) in [6.07, 6.45) is 2.67. The molecule has 100 valence electrons. The van der Waals surface area contributed by atoms with Crippen LogP contribution in [0.5, 0.6) is 0 Å². The minimum absolute atomic E-state index is 0.235. The van der Waals surface area contributed by atoms with Gasteiger partial charge >= 0.3 is 0 Å². The summed E-state index contributed by atoms with van der Waals surface area (Å²) in [6, 6.07) is 5.72. The highest BCUT2D eigenvalue weighted by molar-refractivity contribution is 5.24. The standard InChI is InChI=1S/C15H22FNO/c1-3-17(13-6-7-13)9-8-15(18)12-5-4-11(2)14(16)10-12/h4-5,10,13,15,18H,3,6-9H2,1-2H3. The van der Waals surface area contributed by atoms with E-state index in [1.165, 1.54) is 18.9 Å². The number of nitrogens with zero attached hydrogens (tertiary/aromatic N) is 1. The first-order chi connectivity index (χ1) is 8.61. The molecule has 0 aliphatic heterocycles. The van der Waals surface area contributed by atoms with Crippen molar-refractivity contribution in [3.8, 4) is 0 Å². The van der Waals surface area contributed by atoms with E-state index in [9.17, 15) is 9.50 Å². The first-order valence-electron chi connectivity index (χ1n) is 6.80. The zero-order valence-electron chi connectivity index (χ0n) is 11.2. The number of rotatable bonds is 6. The van der Waals surface area contributed by atoms with Gasteiger partial charge in [-0.05, 0) is 49.9 Å². The molecule has 18 heavy (non-hydrogen) atoms. The number of aliphatic hydroxyl groups excluding tert-OH is 1. The van der Waals surface area contributed by atoms with Crippen LogP contribution < -0.4 is 0 Å². The molecule has 1 atom stereocenters. The topological polar surface area (TPSA) is 23.5 Å². The number of hydrogen-bond donors (Lipinski definition) is 1. The minimum atomic E-state index is -0.562. The van der Waals surface area contributed by atoms with E-state index in [2.05, 4.69) is 11.8 Å². The zero-order chi connectivity index (χ0) is 13.1. The summed E-state index contributed by atoms with van der Waals surface area (Å²) in [5.41, 5.74) is 1.31. The van der Waals surface area contributed by atoms with Crippen molar-refractivity contribution in [1.29, 1.82) is 0 Å². The molecule has 2 nitrogen and oxygen atoms in total. The second-order valence-corrected chi connectivity index (χ2v) is 5.17. The maximum absolute atomic E-state index is 13.4. The fraction of sp³-hybridized carbons (Fsp3) is 0.600. The summed E-state index contributed by atoms with van der Waals surface area (Å²) in [4.78, 5) is 2.40. The highest BCUT2D eigenvalue weighted by Crippen LogP contribution is 2.28. The average molecular weight is 251 g/mol. The van der Waals surface area contributed by atoms with Crippen LogP contribution in [0, 0.1) is 12.7 Å². The Morgan fingerprint density at radius 3 is 2.72 bits per heavy atom. The highest BCUT2D eigenvalue weighted by Gasteiger charge is 2.27. The molecule has 0 spiro atoms. The predicted molar refractivity (Wildman–Crippen MR) is 71.0 cm³/mol. The van der Waals surface area contributed by atoms with Crippen LogP contribution >= 0.6 is 0 Å². The van der Waals surface area contributed by atoms with Gasteiger partial charge in [0.1, 0.15) is 5.82 Å². The zero-order valence-corrected chi connectivity index (χ0v) is 11.2. The van der Waals surface area contributed by atoms with Gasteiger partial charge < -0.3 is 10.0 Å². The molecule has 2 rings (SSSR count). The Bertz CT molecular complexity index is 403. The van der Waals surface area contributed by atoms with Crippen LogP contribution in [0.1, 0.15) is 43.4 Å². The Morgan fingerprint density at radius 2 is 2.17 bits per heavy atom. The summed E-state index contributed by atoms with van der Waals surface area (Å²) < 4.78 is 13.4. The number of aryl methyl sites for hydroxylation is 1. The largest absolute Gasteiger partial charge is 0.388 e. The molecule has 1 unspecified atom stereocenters. The van der Waals surface area contributed by atoms with Gasteiger partial charge in [-0.15, -0.1) is 0 Å². The second-order valence-electron chi connectivity index (χ2n) is 5.17. The van der Waals surface area contributed by atoms with Crippen LogP contribution in [-0.2, 0) is 0 Å². The maximum Gasteiger partial charge on any atom is 0.126 e. The van der Waals surface area contributed by atoms with Gasteiger partial charge in [0.25, 0.3) is 0 Å². The van der Waals surface area contributed by atoms with E-state index in [-0.39, 0.29) is 5.82 Å². The van der Waals surface area contributed by atoms with Crippen LogP contribution in [-0.4, -0.2) is 29.1 Å². The monoisotopic (exact) mass is 251 g/mol. The Hall–Kier alpha value is -0.930. The lowest BCUT2D eigenvalue weighted by molar-refractivity contribution is 0.141. The van der Waals surface area contributed by atoms with Gasteiger partial charge in [0.15, 0.2) is 0 Å². The van der Waals surface area contributed by atoms with Crippen molar-refractivity contribution in [2.75, 3.05) is 13.1 Å². The minimum Gasteiger partial charge on any atom is -0.388 e. The van der Waals surface area contributed by atoms with E-state index in [0.717, 1.165) is 19.1 Å². The van der Waals surface area contributed by atoms with E-state index < -0.39 is 6.10 Å². The lowest BCUT2D eigenvalue weighted by Crippen LogP contribution is -2.27. The van der Waals surface area contributed by atoms with Crippen LogP contribution in [0.2, 0.25) is 0 Å². The van der Waals surface area contributed by atoms with Crippen LogP contribution in [0.4, 0.5) is 4.39 Å². The van der Waals surface area contributed by atoms with E-state index in [1.807, 2.05) is 6.07 Å². The third-order valence-corrected chi connectivity index (χ3v) is 3.74. The van der Waals surface area contributed by atoms with E-state index in [1.54, 1.807) is 13.0 Å². The lowest BCUT2D eigenvalue weighted by Gasteiger charge is -2.21. The van der Waals surface area contributed by atoms with Crippen molar-refractivity contribution < 1.29 is 9.50 Å². The first kappa shape index (κ1) is 13.5. The molecule has 1 fully saturated rings. The molecule has 0 bridgehead atoms. The molecular weight excluding hydrogens is 229 g/mol. The van der Waals surface area contributed by atoms with Crippen molar-refractivity contribution in [3.05, 3.63) is 35.1 Å². The summed E-state index contributed by atoms with van der Waals surface area (Å²) in [5.74, 6) is -0.235. The van der Waals surface area contributed by atoms with Crippen LogP contribution in [0.15, 0.2) is 18.2 Å². The van der Waals surface area contributed by atoms with Crippen molar-refractivity contribution in [1.82, 2.24) is 4.90 Å². The van der Waals surface area contributed by atoms with E-state index in [0.29, 0.717) is 17.5 Å². The normalized spacial score (nSPS) is 17.2. The molecule has 1 aromatic carbocycles. The molecule has 0 amide bonds. The lowest BCUT2D eigenvalue weighted by atomic mass is 10.0. The Labute approximate surface area is 108 Å². The van der Waals surface area contributed by atoms with Gasteiger partial charge in [-0.25, -0.2) is 4.39 Å². The molecule has 1 aromatic rings. The number of benzene rings is 1. The van der Waals surface area contributed by atoms with E-state index >= 15 is 0 Å². The van der Waals surface area contributed by atoms with Crippen LogP contribution in [0.3, 0.4) is 0 Å². The molecule has 1 aliphatic carbocycles. The Kier molecular flexibility index (Phi) is 4.36. The summed E-state index contributed by atoms with van der Waals surface area (Å²) in [7, 11) is 0. The molecule has 3 heteroatoms. The number of aliphatic hydroxyl groups is 1. The fourth-order valence-electron chi connectivity index (χ4n) is 2.31. The molecule has 0 radical (unpaired) electrons. The SMILES string of the molecule is CCN(CCC(O)c1ccc(C)c(F)c1)C1CC1. The third kappa shape index (κ3) is 3.30. The van der Waals surface area contributed by atoms with Crippen molar-refractivity contribution in [3.63, 3.8) is 0 Å². The average Bonchev–Trinajstić information content (AvgIpc) is 3.17. The first-order valence-corrected chi connectivity index (χ1v) is 6.80. The quantitative estimate of drug-likeness (QED) is 0.840. The summed E-state index contributed by atoms with van der Waals surface area (Å²) in [5, 5.41) is 10.1. The van der Waals surface area contributed by atoms with Crippen molar-refractivity contribution >= 4 is 0 Å². The Balaban J connectivity index is 1.90. The number of halogens is 1. The van der Waals surface area contributed by atoms with E-state index in [4.69, 9.17) is 0 Å². The molecule has 1 N–H and O–H groups in total. The van der Waals surface area contributed by atoms with Gasteiger partial charge in [-0.2, -0.15) is 0 Å². The summed E-state index contributed by atoms with van der Waals surface area (Å²) >= 11 is 0. The van der Waals surface area contributed by atoms with Crippen molar-refractivity contribution in [2.24, 2.45) is 0 Å². The maximum atomic E-state index is 13.4. The molecule has 0 aromatic heterocycles. The van der Waals surface area contributed by atoms with Gasteiger partial charge in [-0.1, -0.05) is 19.1 Å². The summed E-state index contributed by atoms with van der Waals surface area (Å²) in [6.45, 7) is 5.80. The fourth-order valence-corrected chi connectivity index (χ4v) is 2.31. The molecule has 1 aliphatic rings. The molecular formula is C15H22FNO. The molecule has 1 saturated carbocycles. The molecule has 0 saturated heterocycles. The third-order valence-electron chi connectivity index (χ3n) is 3.74. The predicted octanol–water partition coefficient (Wildman–Crippen LogP) is 3.04. The smallest absolute Gasteiger partial charge is 0.126 e. The van der Waals surface area contributed by atoms with Gasteiger partial charge in [-0.3, -0.25) is 0 Å². The van der Waals surface area contributed by atoms with Gasteiger partial charge in [0.2, 0.25) is 0 Å². The molecule has 0 heterocycles. The van der Waals surface area contributed by atoms with Gasteiger partial charge in [0.05, 0.1) is 6.10 Å². The van der Waals surface area contributed by atoms with Crippen LogP contribution in [0.25, 0.3) is 0 Å². The number of hydrogen-bond acceptors (Lipinski definition) is 2. The van der Waals surface area contributed by atoms with Gasteiger partial charge in [0, 0.05) is 12.6 Å².